The normalized spacial score (nSPS) is 14.6. The maximum atomic E-state index is 12.8. The van der Waals surface area contributed by atoms with Crippen molar-refractivity contribution in [2.24, 2.45) is 0 Å². The van der Waals surface area contributed by atoms with Gasteiger partial charge in [-0.2, -0.15) is 0 Å². The third-order valence-corrected chi connectivity index (χ3v) is 16.0. The number of esters is 3. The van der Waals surface area contributed by atoms with Crippen LogP contribution in [-0.2, 0) is 55.8 Å². The first-order valence-corrected chi connectivity index (χ1v) is 35.9. The van der Waals surface area contributed by atoms with Gasteiger partial charge in [0.25, 0.3) is 0 Å². The number of unbranched alkanes of at least 4 members (excludes halogenated alkanes) is 32. The first-order chi connectivity index (χ1) is 40.2. The molecule has 0 rings (SSSR count). The highest BCUT2D eigenvalue weighted by atomic mass is 31.2. The molecule has 0 aliphatic carbocycles. The second-order valence-corrected chi connectivity index (χ2v) is 25.2. The Morgan fingerprint density at radius 2 is 0.602 bits per heavy atom. The van der Waals surface area contributed by atoms with Crippen molar-refractivity contribution in [2.75, 3.05) is 39.6 Å². The molecule has 0 spiro atoms. The van der Waals surface area contributed by atoms with E-state index in [1.165, 1.54) is 135 Å². The average Bonchev–Trinajstić information content (AvgIpc) is 3.46. The SMILES string of the molecule is CCCCC/C=C\C/C=C\C/C=C\C/C=C\CCCCCCCC(=O)OCC(O)COP(=O)(O)OCC(O)COP(=O)(O)OCC(COC(=O)CCCCCCCCCCCCCCCCC)OC(=O)CCCCCCCCCCCCC. The van der Waals surface area contributed by atoms with Crippen LogP contribution in [0.15, 0.2) is 48.6 Å². The quantitative estimate of drug-likeness (QED) is 0.0146. The maximum absolute atomic E-state index is 12.8. The zero-order valence-electron chi connectivity index (χ0n) is 52.4. The molecule has 18 heteroatoms. The van der Waals surface area contributed by atoms with Crippen molar-refractivity contribution in [3.05, 3.63) is 48.6 Å². The minimum absolute atomic E-state index is 0.112. The summed E-state index contributed by atoms with van der Waals surface area (Å²) in [6.45, 7) is 2.64. The fraction of sp³-hybridized carbons (Fsp3) is 0.831. The molecule has 5 atom stereocenters. The van der Waals surface area contributed by atoms with Crippen LogP contribution in [0.2, 0.25) is 0 Å². The second kappa shape index (κ2) is 59.8. The highest BCUT2D eigenvalue weighted by molar-refractivity contribution is 7.47. The van der Waals surface area contributed by atoms with E-state index in [-0.39, 0.29) is 19.3 Å². The summed E-state index contributed by atoms with van der Waals surface area (Å²) in [5.41, 5.74) is 0. The summed E-state index contributed by atoms with van der Waals surface area (Å²) >= 11 is 0. The number of carbonyl (C=O) groups excluding carboxylic acids is 3. The molecule has 0 aliphatic rings. The van der Waals surface area contributed by atoms with Crippen molar-refractivity contribution in [3.8, 4) is 0 Å². The van der Waals surface area contributed by atoms with Gasteiger partial charge in [-0.05, 0) is 64.2 Å². The molecule has 0 heterocycles. The van der Waals surface area contributed by atoms with Crippen LogP contribution in [0.5, 0.6) is 0 Å². The molecule has 0 amide bonds. The van der Waals surface area contributed by atoms with Crippen LogP contribution in [0, 0.1) is 0 Å². The van der Waals surface area contributed by atoms with Crippen LogP contribution in [-0.4, -0.2) is 95.9 Å². The number of aliphatic hydroxyl groups excluding tert-OH is 2. The number of carbonyl (C=O) groups is 3. The van der Waals surface area contributed by atoms with Crippen molar-refractivity contribution in [1.29, 1.82) is 0 Å². The van der Waals surface area contributed by atoms with Crippen LogP contribution in [0.4, 0.5) is 0 Å². The Bertz CT molecular complexity index is 1720. The van der Waals surface area contributed by atoms with E-state index in [0.717, 1.165) is 96.3 Å². The Labute approximate surface area is 504 Å². The molecule has 0 aromatic heterocycles. The Balaban J connectivity index is 4.56. The molecule has 83 heavy (non-hydrogen) atoms. The third kappa shape index (κ3) is 61.0. The number of hydrogen-bond donors (Lipinski definition) is 4. The number of phosphoric ester groups is 2. The van der Waals surface area contributed by atoms with Crippen LogP contribution in [0.3, 0.4) is 0 Å². The summed E-state index contributed by atoms with van der Waals surface area (Å²) in [4.78, 5) is 58.2. The average molecular weight is 1220 g/mol. The molecule has 0 saturated carbocycles. The van der Waals surface area contributed by atoms with Gasteiger partial charge in [0.05, 0.1) is 26.4 Å². The van der Waals surface area contributed by atoms with Crippen LogP contribution < -0.4 is 0 Å². The number of phosphoric acid groups is 2. The standard InChI is InChI=1S/C65H120O16P2/c1-4-7-10-13-16-19-22-24-26-27-28-29-30-31-33-35-37-39-42-45-48-51-63(68)75-54-60(66)55-77-82(71,72)78-56-61(67)57-79-83(73,74)80-59-62(81-65(70)53-50-47-44-41-36-21-18-15-12-9-6-3)58-76-64(69)52-49-46-43-40-38-34-32-25-23-20-17-14-11-8-5-2/h16,19,24,26,28-29,31,33,60-62,66-67H,4-15,17-18,20-23,25,27,30,32,34-59H2,1-3H3,(H,71,72)(H,73,74)/b19-16-,26-24-,29-28-,33-31-. The van der Waals surface area contributed by atoms with Crippen LogP contribution >= 0.6 is 15.6 Å². The van der Waals surface area contributed by atoms with E-state index in [4.69, 9.17) is 32.3 Å². The molecule has 0 aliphatic heterocycles. The van der Waals surface area contributed by atoms with Crippen molar-refractivity contribution < 1.29 is 75.8 Å². The van der Waals surface area contributed by atoms with E-state index in [2.05, 4.69) is 69.4 Å². The number of hydrogen-bond acceptors (Lipinski definition) is 14. The van der Waals surface area contributed by atoms with E-state index < -0.39 is 91.5 Å². The van der Waals surface area contributed by atoms with Gasteiger partial charge in [-0.3, -0.25) is 32.5 Å². The Hall–Kier alpha value is -2.49. The predicted molar refractivity (Wildman–Crippen MR) is 335 cm³/mol. The minimum atomic E-state index is -4.91. The lowest BCUT2D eigenvalue weighted by molar-refractivity contribution is -0.161. The van der Waals surface area contributed by atoms with E-state index in [1.807, 2.05) is 0 Å². The Morgan fingerprint density at radius 1 is 0.337 bits per heavy atom. The molecule has 5 unspecified atom stereocenters. The summed E-state index contributed by atoms with van der Waals surface area (Å²) in [7, 11) is -9.75. The van der Waals surface area contributed by atoms with Crippen molar-refractivity contribution in [3.63, 3.8) is 0 Å². The molecule has 0 aromatic rings. The zero-order valence-corrected chi connectivity index (χ0v) is 54.2. The summed E-state index contributed by atoms with van der Waals surface area (Å²) in [5.74, 6) is -1.57. The Kier molecular flexibility index (Phi) is 58.0. The highest BCUT2D eigenvalue weighted by Crippen LogP contribution is 2.45. The van der Waals surface area contributed by atoms with Gasteiger partial charge in [0.2, 0.25) is 0 Å². The summed E-state index contributed by atoms with van der Waals surface area (Å²) in [6, 6.07) is 0. The summed E-state index contributed by atoms with van der Waals surface area (Å²) in [6.07, 6.45) is 57.4. The zero-order chi connectivity index (χ0) is 61.0. The topological polar surface area (TPSA) is 231 Å². The molecule has 4 N–H and O–H groups in total. The van der Waals surface area contributed by atoms with Crippen molar-refractivity contribution in [1.82, 2.24) is 0 Å². The molecule has 486 valence electrons. The van der Waals surface area contributed by atoms with Crippen molar-refractivity contribution >= 4 is 33.6 Å². The lowest BCUT2D eigenvalue weighted by Gasteiger charge is -2.21. The summed E-state index contributed by atoms with van der Waals surface area (Å²) in [5, 5.41) is 20.5. The lowest BCUT2D eigenvalue weighted by Crippen LogP contribution is -2.30. The molecule has 0 aromatic carbocycles. The predicted octanol–water partition coefficient (Wildman–Crippen LogP) is 17.6. The molecule has 0 fully saturated rings. The first-order valence-electron chi connectivity index (χ1n) is 32.9. The molecule has 0 bridgehead atoms. The fourth-order valence-corrected chi connectivity index (χ4v) is 10.6. The smallest absolute Gasteiger partial charge is 0.463 e. The maximum Gasteiger partial charge on any atom is 0.472 e. The van der Waals surface area contributed by atoms with Gasteiger partial charge in [0.15, 0.2) is 6.10 Å². The van der Waals surface area contributed by atoms with Gasteiger partial charge in [0.1, 0.15) is 25.4 Å². The van der Waals surface area contributed by atoms with E-state index in [1.54, 1.807) is 0 Å². The summed E-state index contributed by atoms with van der Waals surface area (Å²) < 4.78 is 60.7. The third-order valence-electron chi connectivity index (χ3n) is 14.1. The van der Waals surface area contributed by atoms with E-state index in [9.17, 15) is 43.5 Å². The van der Waals surface area contributed by atoms with E-state index in [0.29, 0.717) is 19.3 Å². The second-order valence-electron chi connectivity index (χ2n) is 22.3. The first kappa shape index (κ1) is 80.5. The van der Waals surface area contributed by atoms with Gasteiger partial charge in [-0.1, -0.05) is 256 Å². The Morgan fingerprint density at radius 3 is 0.976 bits per heavy atom. The molecule has 0 saturated heterocycles. The van der Waals surface area contributed by atoms with Gasteiger partial charge in [-0.25, -0.2) is 9.13 Å². The van der Waals surface area contributed by atoms with Crippen LogP contribution in [0.25, 0.3) is 0 Å². The highest BCUT2D eigenvalue weighted by Gasteiger charge is 2.29. The largest absolute Gasteiger partial charge is 0.472 e. The molecule has 0 radical (unpaired) electrons. The molecule has 16 nitrogen and oxygen atoms in total. The minimum Gasteiger partial charge on any atom is -0.463 e. The monoisotopic (exact) mass is 1220 g/mol. The van der Waals surface area contributed by atoms with Gasteiger partial charge >= 0.3 is 33.6 Å². The lowest BCUT2D eigenvalue weighted by atomic mass is 10.0. The number of aliphatic hydroxyl groups is 2. The number of allylic oxidation sites excluding steroid dienone is 8. The van der Waals surface area contributed by atoms with Crippen LogP contribution in [0.1, 0.15) is 290 Å². The number of rotatable bonds is 63. The fourth-order valence-electron chi connectivity index (χ4n) is 8.97. The van der Waals surface area contributed by atoms with Gasteiger partial charge < -0.3 is 34.2 Å². The number of ether oxygens (including phenoxy) is 3. The van der Waals surface area contributed by atoms with Gasteiger partial charge in [0, 0.05) is 19.3 Å². The molecular formula is C65H120O16P2. The molecular weight excluding hydrogens is 1100 g/mol. The van der Waals surface area contributed by atoms with Crippen molar-refractivity contribution in [2.45, 2.75) is 309 Å². The van der Waals surface area contributed by atoms with E-state index >= 15 is 0 Å². The van der Waals surface area contributed by atoms with Gasteiger partial charge in [-0.15, -0.1) is 0 Å².